The molecule has 2 unspecified atom stereocenters. The molecule has 1 saturated carbocycles. The molecule has 0 spiro atoms. The van der Waals surface area contributed by atoms with Gasteiger partial charge in [0.2, 0.25) is 0 Å². The van der Waals surface area contributed by atoms with Crippen LogP contribution in [-0.4, -0.2) is 37.1 Å². The molecule has 7 heteroatoms. The predicted molar refractivity (Wildman–Crippen MR) is 82.6 cm³/mol. The number of hydrogen-bond acceptors (Lipinski definition) is 4. The zero-order valence-corrected chi connectivity index (χ0v) is 14.0. The van der Waals surface area contributed by atoms with Crippen LogP contribution in [0.2, 0.25) is 0 Å². The van der Waals surface area contributed by atoms with E-state index in [-0.39, 0.29) is 17.4 Å². The quantitative estimate of drug-likeness (QED) is 0.873. The van der Waals surface area contributed by atoms with Gasteiger partial charge in [-0.2, -0.15) is 0 Å². The first kappa shape index (κ1) is 16.3. The molecular formula is C14H17BrO5S. The molecule has 0 aromatic heterocycles. The summed E-state index contributed by atoms with van der Waals surface area (Å²) in [6, 6.07) is 4.78. The third-order valence-electron chi connectivity index (χ3n) is 3.65. The van der Waals surface area contributed by atoms with E-state index in [0.717, 1.165) is 12.8 Å². The van der Waals surface area contributed by atoms with Crippen LogP contribution in [0.1, 0.15) is 36.0 Å². The maximum atomic E-state index is 11.6. The van der Waals surface area contributed by atoms with E-state index in [2.05, 4.69) is 15.9 Å². The van der Waals surface area contributed by atoms with Gasteiger partial charge in [0.25, 0.3) is 0 Å². The first-order chi connectivity index (χ1) is 9.77. The van der Waals surface area contributed by atoms with E-state index in [1.165, 1.54) is 12.3 Å². The van der Waals surface area contributed by atoms with Gasteiger partial charge in [0.15, 0.2) is 0 Å². The first-order valence-corrected chi connectivity index (χ1v) is 9.40. The molecule has 0 bridgehead atoms. The molecule has 21 heavy (non-hydrogen) atoms. The fourth-order valence-electron chi connectivity index (χ4n) is 2.55. The van der Waals surface area contributed by atoms with Crippen molar-refractivity contribution in [3.05, 3.63) is 28.2 Å². The van der Waals surface area contributed by atoms with Crippen LogP contribution in [0.25, 0.3) is 0 Å². The van der Waals surface area contributed by atoms with Crippen molar-refractivity contribution in [2.45, 2.75) is 37.0 Å². The molecule has 1 N–H and O–H groups in total. The fourth-order valence-corrected chi connectivity index (χ4v) is 4.07. The molecular weight excluding hydrogens is 360 g/mol. The average Bonchev–Trinajstić information content (AvgIpc) is 2.40. The van der Waals surface area contributed by atoms with E-state index in [9.17, 15) is 18.3 Å². The van der Waals surface area contributed by atoms with Crippen molar-refractivity contribution < 1.29 is 23.1 Å². The maximum Gasteiger partial charge on any atom is 0.339 e. The lowest BCUT2D eigenvalue weighted by molar-refractivity contribution is 0.0686. The van der Waals surface area contributed by atoms with Crippen molar-refractivity contribution in [2.75, 3.05) is 6.26 Å². The van der Waals surface area contributed by atoms with Gasteiger partial charge >= 0.3 is 5.97 Å². The van der Waals surface area contributed by atoms with Crippen molar-refractivity contribution in [3.63, 3.8) is 0 Å². The Bertz CT molecular complexity index is 641. The molecule has 116 valence electrons. The van der Waals surface area contributed by atoms with E-state index >= 15 is 0 Å². The summed E-state index contributed by atoms with van der Waals surface area (Å²) in [6.07, 6.45) is 3.53. The van der Waals surface area contributed by atoms with Gasteiger partial charge in [0.05, 0.1) is 11.4 Å². The lowest BCUT2D eigenvalue weighted by Gasteiger charge is -2.29. The molecule has 1 aromatic carbocycles. The lowest BCUT2D eigenvalue weighted by atomic mass is 9.97. The number of sulfone groups is 1. The van der Waals surface area contributed by atoms with Crippen LogP contribution in [0.3, 0.4) is 0 Å². The number of rotatable bonds is 4. The second kappa shape index (κ2) is 6.36. The Hall–Kier alpha value is -1.08. The Kier molecular flexibility index (Phi) is 4.93. The third-order valence-corrected chi connectivity index (χ3v) is 5.78. The van der Waals surface area contributed by atoms with E-state index < -0.39 is 21.1 Å². The summed E-state index contributed by atoms with van der Waals surface area (Å²) in [6.45, 7) is 0. The number of aromatic carboxylic acids is 1. The van der Waals surface area contributed by atoms with E-state index in [4.69, 9.17) is 4.74 Å². The lowest BCUT2D eigenvalue weighted by Crippen LogP contribution is -2.33. The van der Waals surface area contributed by atoms with Gasteiger partial charge in [-0.25, -0.2) is 13.2 Å². The number of carboxylic acids is 1. The van der Waals surface area contributed by atoms with E-state index in [1.54, 1.807) is 12.1 Å². The molecule has 2 rings (SSSR count). The van der Waals surface area contributed by atoms with Crippen LogP contribution in [0.4, 0.5) is 0 Å². The predicted octanol–water partition coefficient (Wildman–Crippen LogP) is 2.88. The zero-order chi connectivity index (χ0) is 15.6. The molecule has 5 nitrogen and oxygen atoms in total. The maximum absolute atomic E-state index is 11.6. The SMILES string of the molecule is CS(=O)(=O)C1CCCC(Oc2ccc(Br)cc2C(=O)O)C1. The Morgan fingerprint density at radius 1 is 1.38 bits per heavy atom. The Morgan fingerprint density at radius 3 is 2.71 bits per heavy atom. The highest BCUT2D eigenvalue weighted by Gasteiger charge is 2.30. The van der Waals surface area contributed by atoms with Crippen LogP contribution in [0, 0.1) is 0 Å². The second-order valence-electron chi connectivity index (χ2n) is 5.30. The van der Waals surface area contributed by atoms with Gasteiger partial charge < -0.3 is 9.84 Å². The van der Waals surface area contributed by atoms with Crippen molar-refractivity contribution in [3.8, 4) is 5.75 Å². The minimum Gasteiger partial charge on any atom is -0.489 e. The number of carbonyl (C=O) groups is 1. The molecule has 1 aliphatic carbocycles. The summed E-state index contributed by atoms with van der Waals surface area (Å²) >= 11 is 3.23. The number of halogens is 1. The smallest absolute Gasteiger partial charge is 0.339 e. The standard InChI is InChI=1S/C14H17BrO5S/c1-21(18,19)11-4-2-3-10(8-11)20-13-6-5-9(15)7-12(13)14(16)17/h5-7,10-11H,2-4,8H2,1H3,(H,16,17). The summed E-state index contributed by atoms with van der Waals surface area (Å²) in [5.41, 5.74) is 0.0749. The molecule has 0 radical (unpaired) electrons. The number of carboxylic acid groups (broad SMARTS) is 1. The van der Waals surface area contributed by atoms with Crippen LogP contribution in [0.15, 0.2) is 22.7 Å². The highest BCUT2D eigenvalue weighted by Crippen LogP contribution is 2.30. The number of hydrogen-bond donors (Lipinski definition) is 1. The summed E-state index contributed by atoms with van der Waals surface area (Å²) in [5.74, 6) is -0.786. The fraction of sp³-hybridized carbons (Fsp3) is 0.500. The summed E-state index contributed by atoms with van der Waals surface area (Å²) < 4.78 is 29.7. The topological polar surface area (TPSA) is 80.7 Å². The molecule has 1 aliphatic rings. The number of ether oxygens (including phenoxy) is 1. The molecule has 1 aromatic rings. The zero-order valence-electron chi connectivity index (χ0n) is 11.6. The van der Waals surface area contributed by atoms with Crippen LogP contribution in [-0.2, 0) is 9.84 Å². The number of benzene rings is 1. The van der Waals surface area contributed by atoms with Crippen molar-refractivity contribution in [1.82, 2.24) is 0 Å². The van der Waals surface area contributed by atoms with E-state index in [0.29, 0.717) is 17.3 Å². The third kappa shape index (κ3) is 4.20. The van der Waals surface area contributed by atoms with Crippen molar-refractivity contribution >= 4 is 31.7 Å². The highest BCUT2D eigenvalue weighted by atomic mass is 79.9. The molecule has 1 fully saturated rings. The molecule has 0 saturated heterocycles. The van der Waals surface area contributed by atoms with Crippen LogP contribution in [0.5, 0.6) is 5.75 Å². The van der Waals surface area contributed by atoms with E-state index in [1.807, 2.05) is 0 Å². The van der Waals surface area contributed by atoms with Gasteiger partial charge in [0, 0.05) is 17.1 Å². The highest BCUT2D eigenvalue weighted by molar-refractivity contribution is 9.10. The van der Waals surface area contributed by atoms with Crippen molar-refractivity contribution in [1.29, 1.82) is 0 Å². The van der Waals surface area contributed by atoms with Gasteiger partial charge in [-0.1, -0.05) is 15.9 Å². The van der Waals surface area contributed by atoms with Gasteiger partial charge in [-0.15, -0.1) is 0 Å². The first-order valence-electron chi connectivity index (χ1n) is 6.65. The second-order valence-corrected chi connectivity index (χ2v) is 8.55. The van der Waals surface area contributed by atoms with Gasteiger partial charge in [-0.05, 0) is 37.5 Å². The van der Waals surface area contributed by atoms with Gasteiger partial charge in [-0.3, -0.25) is 0 Å². The monoisotopic (exact) mass is 376 g/mol. The Morgan fingerprint density at radius 2 is 2.10 bits per heavy atom. The van der Waals surface area contributed by atoms with Crippen LogP contribution >= 0.6 is 15.9 Å². The molecule has 0 aliphatic heterocycles. The van der Waals surface area contributed by atoms with Crippen molar-refractivity contribution in [2.24, 2.45) is 0 Å². The van der Waals surface area contributed by atoms with Gasteiger partial charge in [0.1, 0.15) is 21.2 Å². The molecule has 0 heterocycles. The normalized spacial score (nSPS) is 22.8. The minimum atomic E-state index is -3.09. The molecule has 0 amide bonds. The summed E-state index contributed by atoms with van der Waals surface area (Å²) in [5, 5.41) is 8.80. The largest absolute Gasteiger partial charge is 0.489 e. The Labute approximate surface area is 132 Å². The van der Waals surface area contributed by atoms with Crippen LogP contribution < -0.4 is 4.74 Å². The Balaban J connectivity index is 2.17. The average molecular weight is 377 g/mol. The summed E-state index contributed by atoms with van der Waals surface area (Å²) in [4.78, 5) is 11.2. The molecule has 2 atom stereocenters. The minimum absolute atomic E-state index is 0.0749. The summed E-state index contributed by atoms with van der Waals surface area (Å²) in [7, 11) is -3.09.